The Morgan fingerprint density at radius 1 is 1.07 bits per heavy atom. The first kappa shape index (κ1) is 20.3. The highest BCUT2D eigenvalue weighted by Gasteiger charge is 2.31. The Morgan fingerprint density at radius 3 is 2.47 bits per heavy atom. The minimum absolute atomic E-state index is 0.000404. The number of fused-ring (bicyclic) bond motifs is 1. The fourth-order valence-corrected chi connectivity index (χ4v) is 4.69. The van der Waals surface area contributed by atoms with Gasteiger partial charge in [-0.1, -0.05) is 30.3 Å². The van der Waals surface area contributed by atoms with Gasteiger partial charge in [0.25, 0.3) is 5.91 Å². The van der Waals surface area contributed by atoms with Crippen molar-refractivity contribution in [2.45, 2.75) is 30.8 Å². The Bertz CT molecular complexity index is 1180. The molecule has 30 heavy (non-hydrogen) atoms. The molecule has 0 fully saturated rings. The molecule has 1 heterocycles. The van der Waals surface area contributed by atoms with E-state index in [1.807, 2.05) is 43.3 Å². The number of nitrogens with zero attached hydrogens (tertiary/aromatic N) is 1. The van der Waals surface area contributed by atoms with E-state index in [1.165, 1.54) is 12.1 Å². The van der Waals surface area contributed by atoms with Crippen LogP contribution in [0.4, 0.5) is 10.1 Å². The molecule has 0 aliphatic carbocycles. The molecule has 0 spiro atoms. The maximum atomic E-state index is 13.1. The zero-order valence-corrected chi connectivity index (χ0v) is 17.2. The SMILES string of the molecule is C[C@H]1Cc2ccc(CNS(=O)(=O)c3ccc(F)cc3)cc2N1C(=O)c1ccccc1. The highest BCUT2D eigenvalue weighted by Crippen LogP contribution is 2.34. The van der Waals surface area contributed by atoms with Gasteiger partial charge in [-0.3, -0.25) is 4.79 Å². The van der Waals surface area contributed by atoms with Crippen molar-refractivity contribution in [3.63, 3.8) is 0 Å². The van der Waals surface area contributed by atoms with Crippen LogP contribution in [0.3, 0.4) is 0 Å². The molecule has 3 aromatic carbocycles. The van der Waals surface area contributed by atoms with E-state index in [2.05, 4.69) is 4.72 Å². The Hall–Kier alpha value is -3.03. The number of anilines is 1. The van der Waals surface area contributed by atoms with Crippen LogP contribution in [0, 0.1) is 5.82 Å². The van der Waals surface area contributed by atoms with E-state index in [0.717, 1.165) is 35.4 Å². The fourth-order valence-electron chi connectivity index (χ4n) is 3.67. The van der Waals surface area contributed by atoms with Crippen molar-refractivity contribution < 1.29 is 17.6 Å². The first-order valence-corrected chi connectivity index (χ1v) is 11.1. The summed E-state index contributed by atoms with van der Waals surface area (Å²) in [7, 11) is -3.77. The van der Waals surface area contributed by atoms with Crippen LogP contribution in [0.2, 0.25) is 0 Å². The number of hydrogen-bond acceptors (Lipinski definition) is 3. The largest absolute Gasteiger partial charge is 0.305 e. The summed E-state index contributed by atoms with van der Waals surface area (Å²) in [5, 5.41) is 0. The third kappa shape index (κ3) is 3.99. The van der Waals surface area contributed by atoms with Gasteiger partial charge in [-0.05, 0) is 66.9 Å². The van der Waals surface area contributed by atoms with Crippen molar-refractivity contribution >= 4 is 21.6 Å². The van der Waals surface area contributed by atoms with E-state index in [1.54, 1.807) is 17.0 Å². The lowest BCUT2D eigenvalue weighted by Crippen LogP contribution is -2.35. The Labute approximate surface area is 175 Å². The van der Waals surface area contributed by atoms with Gasteiger partial charge in [0.1, 0.15) is 5.82 Å². The quantitative estimate of drug-likeness (QED) is 0.676. The molecular weight excluding hydrogens is 403 g/mol. The highest BCUT2D eigenvalue weighted by molar-refractivity contribution is 7.89. The van der Waals surface area contributed by atoms with Gasteiger partial charge in [-0.25, -0.2) is 17.5 Å². The molecule has 0 unspecified atom stereocenters. The maximum Gasteiger partial charge on any atom is 0.258 e. The number of nitrogens with one attached hydrogen (secondary N) is 1. The smallest absolute Gasteiger partial charge is 0.258 e. The van der Waals surface area contributed by atoms with Crippen LogP contribution >= 0.6 is 0 Å². The summed E-state index contributed by atoms with van der Waals surface area (Å²) in [6.07, 6.45) is 0.746. The van der Waals surface area contributed by atoms with Gasteiger partial charge in [-0.15, -0.1) is 0 Å². The lowest BCUT2D eigenvalue weighted by molar-refractivity contribution is 0.0981. The topological polar surface area (TPSA) is 66.5 Å². The number of halogens is 1. The minimum atomic E-state index is -3.77. The van der Waals surface area contributed by atoms with Gasteiger partial charge in [0.05, 0.1) is 4.90 Å². The summed E-state index contributed by atoms with van der Waals surface area (Å²) in [6, 6.07) is 19.4. The van der Waals surface area contributed by atoms with Crippen LogP contribution in [-0.2, 0) is 23.0 Å². The van der Waals surface area contributed by atoms with E-state index >= 15 is 0 Å². The predicted molar refractivity (Wildman–Crippen MR) is 113 cm³/mol. The number of sulfonamides is 1. The number of rotatable bonds is 5. The summed E-state index contributed by atoms with van der Waals surface area (Å²) in [4.78, 5) is 14.8. The summed E-state index contributed by atoms with van der Waals surface area (Å²) >= 11 is 0. The highest BCUT2D eigenvalue weighted by atomic mass is 32.2. The first-order chi connectivity index (χ1) is 14.3. The Balaban J connectivity index is 1.56. The molecule has 1 N–H and O–H groups in total. The lowest BCUT2D eigenvalue weighted by atomic mass is 10.1. The Morgan fingerprint density at radius 2 is 1.77 bits per heavy atom. The second kappa shape index (κ2) is 8.01. The molecule has 4 rings (SSSR count). The lowest BCUT2D eigenvalue weighted by Gasteiger charge is -2.23. The molecular formula is C23H21FN2O3S. The van der Waals surface area contributed by atoms with E-state index in [4.69, 9.17) is 0 Å². The minimum Gasteiger partial charge on any atom is -0.305 e. The molecule has 0 aromatic heterocycles. The van der Waals surface area contributed by atoms with E-state index in [0.29, 0.717) is 5.56 Å². The summed E-state index contributed by atoms with van der Waals surface area (Å²) in [5.74, 6) is -0.573. The molecule has 0 radical (unpaired) electrons. The maximum absolute atomic E-state index is 13.1. The fraction of sp³-hybridized carbons (Fsp3) is 0.174. The third-order valence-corrected chi connectivity index (χ3v) is 6.61. The second-order valence-electron chi connectivity index (χ2n) is 7.34. The molecule has 0 saturated carbocycles. The van der Waals surface area contributed by atoms with Crippen LogP contribution in [0.25, 0.3) is 0 Å². The van der Waals surface area contributed by atoms with Crippen molar-refractivity contribution in [2.75, 3.05) is 4.90 Å². The standard InChI is InChI=1S/C23H21FN2O3S/c1-16-13-19-8-7-17(15-25-30(28,29)21-11-9-20(24)10-12-21)14-22(19)26(16)23(27)18-5-3-2-4-6-18/h2-12,14,16,25H,13,15H2,1H3/t16-/m0/s1. The molecule has 1 aliphatic rings. The number of amides is 1. The average molecular weight is 424 g/mol. The number of hydrogen-bond donors (Lipinski definition) is 1. The van der Waals surface area contributed by atoms with Crippen LogP contribution in [0.5, 0.6) is 0 Å². The molecule has 7 heteroatoms. The monoisotopic (exact) mass is 424 g/mol. The van der Waals surface area contributed by atoms with Crippen LogP contribution in [-0.4, -0.2) is 20.4 Å². The molecule has 1 aliphatic heterocycles. The molecule has 1 atom stereocenters. The van der Waals surface area contributed by atoms with Crippen LogP contribution < -0.4 is 9.62 Å². The first-order valence-electron chi connectivity index (χ1n) is 9.61. The normalized spacial score (nSPS) is 15.8. The van der Waals surface area contributed by atoms with Gasteiger partial charge in [0.15, 0.2) is 0 Å². The second-order valence-corrected chi connectivity index (χ2v) is 9.10. The molecule has 0 bridgehead atoms. The number of benzene rings is 3. The molecule has 154 valence electrons. The number of carbonyl (C=O) groups is 1. The summed E-state index contributed by atoms with van der Waals surface area (Å²) in [5.41, 5.74) is 3.20. The molecule has 1 amide bonds. The van der Waals surface area contributed by atoms with Crippen molar-refractivity contribution in [1.82, 2.24) is 4.72 Å². The van der Waals surface area contributed by atoms with E-state index in [9.17, 15) is 17.6 Å². The van der Waals surface area contributed by atoms with Gasteiger partial charge in [0, 0.05) is 23.8 Å². The van der Waals surface area contributed by atoms with E-state index < -0.39 is 15.8 Å². The van der Waals surface area contributed by atoms with Gasteiger partial charge >= 0.3 is 0 Å². The molecule has 0 saturated heterocycles. The summed E-state index contributed by atoms with van der Waals surface area (Å²) in [6.45, 7) is 2.06. The van der Waals surface area contributed by atoms with Crippen molar-refractivity contribution in [3.05, 3.63) is 95.3 Å². The van der Waals surface area contributed by atoms with Crippen molar-refractivity contribution in [3.8, 4) is 0 Å². The van der Waals surface area contributed by atoms with Crippen LogP contribution in [0.15, 0.2) is 77.7 Å². The third-order valence-electron chi connectivity index (χ3n) is 5.20. The van der Waals surface area contributed by atoms with Crippen LogP contribution in [0.1, 0.15) is 28.4 Å². The van der Waals surface area contributed by atoms with Crippen molar-refractivity contribution in [1.29, 1.82) is 0 Å². The summed E-state index contributed by atoms with van der Waals surface area (Å²) < 4.78 is 40.5. The molecule has 5 nitrogen and oxygen atoms in total. The predicted octanol–water partition coefficient (Wildman–Crippen LogP) is 3.90. The number of carbonyl (C=O) groups excluding carboxylic acids is 1. The van der Waals surface area contributed by atoms with Gasteiger partial charge < -0.3 is 4.90 Å². The van der Waals surface area contributed by atoms with Gasteiger partial charge in [-0.2, -0.15) is 0 Å². The Kier molecular flexibility index (Phi) is 5.40. The van der Waals surface area contributed by atoms with Crippen molar-refractivity contribution in [2.24, 2.45) is 0 Å². The van der Waals surface area contributed by atoms with Gasteiger partial charge in [0.2, 0.25) is 10.0 Å². The zero-order valence-electron chi connectivity index (χ0n) is 16.4. The average Bonchev–Trinajstić information content (AvgIpc) is 3.07. The molecule has 3 aromatic rings. The van der Waals surface area contributed by atoms with E-state index in [-0.39, 0.29) is 23.4 Å². The zero-order chi connectivity index (χ0) is 21.3.